The van der Waals surface area contributed by atoms with E-state index in [1.807, 2.05) is 0 Å². The van der Waals surface area contributed by atoms with Gasteiger partial charge in [0.25, 0.3) is 0 Å². The summed E-state index contributed by atoms with van der Waals surface area (Å²) in [5.74, 6) is 0.544. The van der Waals surface area contributed by atoms with E-state index in [9.17, 15) is 4.79 Å². The fourth-order valence-electron chi connectivity index (χ4n) is 3.17. The molecule has 2 rings (SSSR count). The van der Waals surface area contributed by atoms with E-state index in [0.29, 0.717) is 18.4 Å². The predicted molar refractivity (Wildman–Crippen MR) is 78.4 cm³/mol. The number of halogens is 1. The standard InChI is InChI=1S/C14H26N2O2.ClH/c1-10(8-12-5-3-7-18-12)16-14(17)9-11-4-2-6-13(11)15;/h10-13H,2-9,15H2,1H3,(H,16,17);1H/t10?,11-,12?,13+;/m0./s1. The third-order valence-electron chi connectivity index (χ3n) is 4.21. The molecule has 1 heterocycles. The lowest BCUT2D eigenvalue weighted by Crippen LogP contribution is -2.37. The second-order valence-corrected chi connectivity index (χ2v) is 5.90. The number of nitrogens with one attached hydrogen (secondary N) is 1. The Labute approximate surface area is 122 Å². The van der Waals surface area contributed by atoms with Crippen molar-refractivity contribution >= 4 is 18.3 Å². The number of rotatable bonds is 5. The molecule has 0 radical (unpaired) electrons. The summed E-state index contributed by atoms with van der Waals surface area (Å²) >= 11 is 0. The van der Waals surface area contributed by atoms with Crippen LogP contribution in [0.15, 0.2) is 0 Å². The molecule has 0 spiro atoms. The van der Waals surface area contributed by atoms with E-state index in [0.717, 1.165) is 38.7 Å². The van der Waals surface area contributed by atoms with Gasteiger partial charge in [-0.3, -0.25) is 4.79 Å². The quantitative estimate of drug-likeness (QED) is 0.814. The molecule has 2 fully saturated rings. The SMILES string of the molecule is CC(CC1CCCO1)NC(=O)C[C@@H]1CCC[C@H]1N.Cl. The van der Waals surface area contributed by atoms with Gasteiger partial charge in [-0.1, -0.05) is 6.42 Å². The first-order chi connectivity index (χ1) is 8.65. The van der Waals surface area contributed by atoms with Crippen molar-refractivity contribution in [1.82, 2.24) is 5.32 Å². The van der Waals surface area contributed by atoms with E-state index in [1.54, 1.807) is 0 Å². The van der Waals surface area contributed by atoms with Gasteiger partial charge in [0.05, 0.1) is 6.10 Å². The summed E-state index contributed by atoms with van der Waals surface area (Å²) < 4.78 is 5.58. The fraction of sp³-hybridized carbons (Fsp3) is 0.929. The van der Waals surface area contributed by atoms with Crippen LogP contribution in [0, 0.1) is 5.92 Å². The number of hydrogen-bond acceptors (Lipinski definition) is 3. The average Bonchev–Trinajstić information content (AvgIpc) is 2.91. The molecule has 3 N–H and O–H groups in total. The molecule has 1 saturated carbocycles. The summed E-state index contributed by atoms with van der Waals surface area (Å²) in [5, 5.41) is 3.08. The molecule has 112 valence electrons. The molecule has 1 aliphatic carbocycles. The average molecular weight is 291 g/mol. The number of amides is 1. The monoisotopic (exact) mass is 290 g/mol. The normalized spacial score (nSPS) is 31.8. The fourth-order valence-corrected chi connectivity index (χ4v) is 3.17. The van der Waals surface area contributed by atoms with E-state index in [2.05, 4.69) is 12.2 Å². The van der Waals surface area contributed by atoms with Crippen LogP contribution >= 0.6 is 12.4 Å². The van der Waals surface area contributed by atoms with Crippen molar-refractivity contribution in [2.75, 3.05) is 6.61 Å². The Bertz CT molecular complexity index is 283. The smallest absolute Gasteiger partial charge is 0.220 e. The second kappa shape index (κ2) is 8.08. The number of ether oxygens (including phenoxy) is 1. The van der Waals surface area contributed by atoms with Crippen LogP contribution in [0.2, 0.25) is 0 Å². The van der Waals surface area contributed by atoms with Crippen molar-refractivity contribution < 1.29 is 9.53 Å². The van der Waals surface area contributed by atoms with Crippen LogP contribution in [0.5, 0.6) is 0 Å². The zero-order valence-corrected chi connectivity index (χ0v) is 12.6. The van der Waals surface area contributed by atoms with Crippen LogP contribution in [0.1, 0.15) is 51.9 Å². The molecule has 1 amide bonds. The zero-order chi connectivity index (χ0) is 13.0. The van der Waals surface area contributed by atoms with Crippen molar-refractivity contribution in [2.24, 2.45) is 11.7 Å². The number of nitrogens with two attached hydrogens (primary N) is 1. The van der Waals surface area contributed by atoms with E-state index in [4.69, 9.17) is 10.5 Å². The van der Waals surface area contributed by atoms with Crippen LogP contribution in [0.25, 0.3) is 0 Å². The Morgan fingerprint density at radius 3 is 2.74 bits per heavy atom. The Kier molecular flexibility index (Phi) is 7.11. The van der Waals surface area contributed by atoms with Gasteiger partial charge in [0, 0.05) is 25.1 Å². The summed E-state index contributed by atoms with van der Waals surface area (Å²) in [7, 11) is 0. The molecule has 4 atom stereocenters. The van der Waals surface area contributed by atoms with Crippen LogP contribution in [0.3, 0.4) is 0 Å². The molecule has 19 heavy (non-hydrogen) atoms. The molecular weight excluding hydrogens is 264 g/mol. The number of hydrogen-bond donors (Lipinski definition) is 2. The van der Waals surface area contributed by atoms with E-state index < -0.39 is 0 Å². The van der Waals surface area contributed by atoms with Gasteiger partial charge >= 0.3 is 0 Å². The van der Waals surface area contributed by atoms with Gasteiger partial charge in [-0.2, -0.15) is 0 Å². The summed E-state index contributed by atoms with van der Waals surface area (Å²) in [6.45, 7) is 2.94. The van der Waals surface area contributed by atoms with E-state index in [-0.39, 0.29) is 30.4 Å². The Morgan fingerprint density at radius 2 is 2.16 bits per heavy atom. The molecule has 0 bridgehead atoms. The highest BCUT2D eigenvalue weighted by Gasteiger charge is 2.27. The van der Waals surface area contributed by atoms with Gasteiger partial charge in [-0.15, -0.1) is 12.4 Å². The van der Waals surface area contributed by atoms with E-state index >= 15 is 0 Å². The Hall–Kier alpha value is -0.320. The van der Waals surface area contributed by atoms with Gasteiger partial charge in [-0.25, -0.2) is 0 Å². The number of carbonyl (C=O) groups is 1. The van der Waals surface area contributed by atoms with Crippen molar-refractivity contribution in [3.8, 4) is 0 Å². The van der Waals surface area contributed by atoms with Crippen LogP contribution < -0.4 is 11.1 Å². The van der Waals surface area contributed by atoms with Crippen LogP contribution in [-0.2, 0) is 9.53 Å². The Balaban J connectivity index is 0.00000180. The van der Waals surface area contributed by atoms with Gasteiger partial charge in [0.15, 0.2) is 0 Å². The van der Waals surface area contributed by atoms with Crippen LogP contribution in [0.4, 0.5) is 0 Å². The minimum Gasteiger partial charge on any atom is -0.378 e. The summed E-state index contributed by atoms with van der Waals surface area (Å²) in [6, 6.07) is 0.433. The first kappa shape index (κ1) is 16.7. The first-order valence-electron chi connectivity index (χ1n) is 7.31. The highest BCUT2D eigenvalue weighted by molar-refractivity contribution is 5.85. The van der Waals surface area contributed by atoms with Crippen molar-refractivity contribution in [3.05, 3.63) is 0 Å². The van der Waals surface area contributed by atoms with Crippen molar-refractivity contribution in [2.45, 2.75) is 70.1 Å². The molecule has 2 unspecified atom stereocenters. The molecule has 5 heteroatoms. The Morgan fingerprint density at radius 1 is 1.37 bits per heavy atom. The lowest BCUT2D eigenvalue weighted by Gasteiger charge is -2.20. The molecule has 0 aromatic rings. The van der Waals surface area contributed by atoms with Gasteiger partial charge in [0.2, 0.25) is 5.91 Å². The summed E-state index contributed by atoms with van der Waals surface area (Å²) in [6.07, 6.45) is 7.51. The zero-order valence-electron chi connectivity index (χ0n) is 11.8. The maximum Gasteiger partial charge on any atom is 0.220 e. The third-order valence-corrected chi connectivity index (χ3v) is 4.21. The highest BCUT2D eigenvalue weighted by atomic mass is 35.5. The molecule has 0 aromatic heterocycles. The molecular formula is C14H27ClN2O2. The predicted octanol–water partition coefficient (Wildman–Crippen LogP) is 2.00. The first-order valence-corrected chi connectivity index (χ1v) is 7.31. The molecule has 1 saturated heterocycles. The maximum absolute atomic E-state index is 11.9. The minimum absolute atomic E-state index is 0. The topological polar surface area (TPSA) is 64.3 Å². The molecule has 2 aliphatic rings. The summed E-state index contributed by atoms with van der Waals surface area (Å²) in [5.41, 5.74) is 5.99. The lowest BCUT2D eigenvalue weighted by molar-refractivity contribution is -0.122. The van der Waals surface area contributed by atoms with Crippen molar-refractivity contribution in [3.63, 3.8) is 0 Å². The molecule has 4 nitrogen and oxygen atoms in total. The van der Waals surface area contributed by atoms with Gasteiger partial charge < -0.3 is 15.8 Å². The highest BCUT2D eigenvalue weighted by Crippen LogP contribution is 2.26. The molecule has 1 aliphatic heterocycles. The maximum atomic E-state index is 11.9. The minimum atomic E-state index is 0. The lowest BCUT2D eigenvalue weighted by atomic mass is 9.99. The number of carbonyl (C=O) groups excluding carboxylic acids is 1. The summed E-state index contributed by atoms with van der Waals surface area (Å²) in [4.78, 5) is 11.9. The second-order valence-electron chi connectivity index (χ2n) is 5.90. The van der Waals surface area contributed by atoms with E-state index in [1.165, 1.54) is 6.42 Å². The van der Waals surface area contributed by atoms with Gasteiger partial charge in [-0.05, 0) is 44.9 Å². The van der Waals surface area contributed by atoms with Gasteiger partial charge in [0.1, 0.15) is 0 Å². The van der Waals surface area contributed by atoms with Crippen LogP contribution in [-0.4, -0.2) is 30.7 Å². The molecule has 0 aromatic carbocycles. The largest absolute Gasteiger partial charge is 0.378 e. The third kappa shape index (κ3) is 5.28. The van der Waals surface area contributed by atoms with Crippen molar-refractivity contribution in [1.29, 1.82) is 0 Å².